The summed E-state index contributed by atoms with van der Waals surface area (Å²) in [5.41, 5.74) is 2.48. The predicted molar refractivity (Wildman–Crippen MR) is 132 cm³/mol. The number of methoxy groups -OCH3 is 2. The molecule has 0 saturated heterocycles. The summed E-state index contributed by atoms with van der Waals surface area (Å²) in [7, 11) is 2.95. The van der Waals surface area contributed by atoms with Crippen molar-refractivity contribution in [2.45, 2.75) is 26.2 Å². The van der Waals surface area contributed by atoms with E-state index in [0.29, 0.717) is 24.5 Å². The van der Waals surface area contributed by atoms with Crippen LogP contribution in [0, 0.1) is 5.82 Å². The molecule has 36 heavy (non-hydrogen) atoms. The molecule has 0 unspecified atom stereocenters. The average Bonchev–Trinajstić information content (AvgIpc) is 3.28. The average molecular weight is 491 g/mol. The van der Waals surface area contributed by atoms with Gasteiger partial charge in [-0.2, -0.15) is 0 Å². The van der Waals surface area contributed by atoms with Crippen molar-refractivity contribution >= 4 is 5.91 Å². The van der Waals surface area contributed by atoms with Gasteiger partial charge >= 0.3 is 0 Å². The number of halogens is 1. The van der Waals surface area contributed by atoms with E-state index in [-0.39, 0.29) is 30.2 Å². The van der Waals surface area contributed by atoms with Gasteiger partial charge in [0.1, 0.15) is 18.1 Å². The van der Waals surface area contributed by atoms with Gasteiger partial charge in [0.2, 0.25) is 0 Å². The summed E-state index contributed by atoms with van der Waals surface area (Å²) < 4.78 is 28.1. The Kier molecular flexibility index (Phi) is 7.92. The molecule has 0 atom stereocenters. The summed E-state index contributed by atoms with van der Waals surface area (Å²) in [6, 6.07) is 17.7. The molecule has 2 heterocycles. The Balaban J connectivity index is 1.45. The van der Waals surface area contributed by atoms with Crippen molar-refractivity contribution < 1.29 is 18.7 Å². The van der Waals surface area contributed by atoms with Crippen LogP contribution in [0.15, 0.2) is 77.9 Å². The van der Waals surface area contributed by atoms with Crippen LogP contribution >= 0.6 is 0 Å². The number of aromatic nitrogens is 3. The number of nitrogens with one attached hydrogen (secondary N) is 1. The highest BCUT2D eigenvalue weighted by molar-refractivity contribution is 5.92. The maximum atomic E-state index is 14.4. The molecule has 2 aromatic heterocycles. The lowest BCUT2D eigenvalue weighted by molar-refractivity contribution is 0.0945. The van der Waals surface area contributed by atoms with Crippen molar-refractivity contribution in [3.8, 4) is 5.75 Å². The highest BCUT2D eigenvalue weighted by atomic mass is 19.1. The van der Waals surface area contributed by atoms with Crippen molar-refractivity contribution in [2.75, 3.05) is 14.2 Å². The van der Waals surface area contributed by atoms with E-state index in [0.717, 1.165) is 11.1 Å². The van der Waals surface area contributed by atoms with E-state index in [1.165, 1.54) is 19.2 Å². The molecule has 4 rings (SSSR count). The zero-order chi connectivity index (χ0) is 25.5. The van der Waals surface area contributed by atoms with E-state index in [2.05, 4.69) is 10.3 Å². The highest BCUT2D eigenvalue weighted by Gasteiger charge is 2.16. The smallest absolute Gasteiger partial charge is 0.271 e. The molecule has 1 amide bonds. The molecular formula is C27H27FN4O4. The van der Waals surface area contributed by atoms with Gasteiger partial charge in [0, 0.05) is 44.2 Å². The van der Waals surface area contributed by atoms with E-state index in [9.17, 15) is 14.0 Å². The lowest BCUT2D eigenvalue weighted by atomic mass is 10.1. The van der Waals surface area contributed by atoms with E-state index < -0.39 is 11.7 Å². The van der Waals surface area contributed by atoms with Gasteiger partial charge in [-0.3, -0.25) is 9.59 Å². The second-order valence-electron chi connectivity index (χ2n) is 8.20. The van der Waals surface area contributed by atoms with E-state index in [1.807, 2.05) is 34.9 Å². The van der Waals surface area contributed by atoms with Crippen LogP contribution in [0.25, 0.3) is 0 Å². The lowest BCUT2D eigenvalue weighted by Crippen LogP contribution is -2.23. The molecule has 8 nitrogen and oxygen atoms in total. The third-order valence-electron chi connectivity index (χ3n) is 5.70. The van der Waals surface area contributed by atoms with Gasteiger partial charge in [0.25, 0.3) is 11.5 Å². The third-order valence-corrected chi connectivity index (χ3v) is 5.70. The van der Waals surface area contributed by atoms with Crippen LogP contribution in [0.1, 0.15) is 33.0 Å². The van der Waals surface area contributed by atoms with Crippen LogP contribution in [0.5, 0.6) is 5.75 Å². The third kappa shape index (κ3) is 5.87. The first kappa shape index (κ1) is 24.9. The number of imidazole rings is 1. The second-order valence-corrected chi connectivity index (χ2v) is 8.20. The largest absolute Gasteiger partial charge is 0.494 e. The van der Waals surface area contributed by atoms with Gasteiger partial charge in [0.05, 0.1) is 13.7 Å². The normalized spacial score (nSPS) is 10.9. The van der Waals surface area contributed by atoms with Crippen LogP contribution in [0.4, 0.5) is 4.39 Å². The van der Waals surface area contributed by atoms with Crippen LogP contribution in [0.3, 0.4) is 0 Å². The number of carbonyl (C=O) groups excluding carboxylic acids is 1. The number of rotatable bonds is 10. The quantitative estimate of drug-likeness (QED) is 0.368. The van der Waals surface area contributed by atoms with Gasteiger partial charge in [-0.25, -0.2) is 9.37 Å². The molecule has 0 spiro atoms. The number of pyridine rings is 1. The Bertz CT molecular complexity index is 1400. The van der Waals surface area contributed by atoms with Gasteiger partial charge in [-0.05, 0) is 23.3 Å². The molecule has 4 aromatic rings. The number of amides is 1. The number of benzene rings is 2. The van der Waals surface area contributed by atoms with Crippen LogP contribution in [-0.2, 0) is 31.0 Å². The topological polar surface area (TPSA) is 87.4 Å². The van der Waals surface area contributed by atoms with Crippen LogP contribution < -0.4 is 15.6 Å². The zero-order valence-electron chi connectivity index (χ0n) is 20.1. The Morgan fingerprint density at radius 2 is 1.69 bits per heavy atom. The number of hydrogen-bond acceptors (Lipinski definition) is 5. The highest BCUT2D eigenvalue weighted by Crippen LogP contribution is 2.20. The number of ether oxygens (including phenoxy) is 2. The fourth-order valence-corrected chi connectivity index (χ4v) is 3.80. The van der Waals surface area contributed by atoms with Crippen molar-refractivity contribution in [3.63, 3.8) is 0 Å². The van der Waals surface area contributed by atoms with Gasteiger partial charge in [-0.15, -0.1) is 0 Å². The van der Waals surface area contributed by atoms with E-state index >= 15 is 0 Å². The minimum atomic E-state index is -0.508. The summed E-state index contributed by atoms with van der Waals surface area (Å²) in [5, 5.41) is 2.71. The Morgan fingerprint density at radius 1 is 0.972 bits per heavy atom. The summed E-state index contributed by atoms with van der Waals surface area (Å²) in [6.45, 7) is 1.19. The second kappa shape index (κ2) is 11.5. The minimum Gasteiger partial charge on any atom is -0.494 e. The summed E-state index contributed by atoms with van der Waals surface area (Å²) in [6.07, 6.45) is 3.41. The van der Waals surface area contributed by atoms with Gasteiger partial charge < -0.3 is 23.9 Å². The van der Waals surface area contributed by atoms with Crippen molar-refractivity contribution in [1.82, 2.24) is 19.4 Å². The molecule has 0 aliphatic rings. The monoisotopic (exact) mass is 490 g/mol. The Labute approximate surface area is 207 Å². The van der Waals surface area contributed by atoms with Crippen molar-refractivity contribution in [2.24, 2.45) is 0 Å². The molecule has 0 aliphatic heterocycles. The molecule has 9 heteroatoms. The molecule has 0 bridgehead atoms. The molecule has 2 aromatic carbocycles. The Hall–Kier alpha value is -4.24. The number of carbonyl (C=O) groups is 1. The summed E-state index contributed by atoms with van der Waals surface area (Å²) >= 11 is 0. The minimum absolute atomic E-state index is 0.000298. The fourth-order valence-electron chi connectivity index (χ4n) is 3.80. The van der Waals surface area contributed by atoms with E-state index in [1.54, 1.807) is 42.3 Å². The predicted octanol–water partition coefficient (Wildman–Crippen LogP) is 3.37. The van der Waals surface area contributed by atoms with Crippen LogP contribution in [-0.4, -0.2) is 34.2 Å². The molecule has 186 valence electrons. The van der Waals surface area contributed by atoms with Crippen LogP contribution in [0.2, 0.25) is 0 Å². The fraction of sp³-hybridized carbons (Fsp3) is 0.222. The number of hydrogen-bond donors (Lipinski definition) is 1. The molecule has 0 fully saturated rings. The molecule has 0 aliphatic carbocycles. The van der Waals surface area contributed by atoms with Crippen molar-refractivity contribution in [1.29, 1.82) is 0 Å². The van der Waals surface area contributed by atoms with Crippen molar-refractivity contribution in [3.05, 3.63) is 117 Å². The van der Waals surface area contributed by atoms with E-state index in [4.69, 9.17) is 9.47 Å². The maximum absolute atomic E-state index is 14.4. The summed E-state index contributed by atoms with van der Waals surface area (Å²) in [4.78, 5) is 29.1. The summed E-state index contributed by atoms with van der Waals surface area (Å²) in [5.74, 6) is -0.214. The maximum Gasteiger partial charge on any atom is 0.271 e. The molecule has 1 N–H and O–H groups in total. The first-order chi connectivity index (χ1) is 17.5. The molecule has 0 radical (unpaired) electrons. The zero-order valence-corrected chi connectivity index (χ0v) is 20.1. The molecule has 0 saturated carbocycles. The Morgan fingerprint density at radius 3 is 2.36 bits per heavy atom. The first-order valence-corrected chi connectivity index (χ1v) is 11.4. The van der Waals surface area contributed by atoms with Gasteiger partial charge in [0.15, 0.2) is 11.6 Å². The van der Waals surface area contributed by atoms with Gasteiger partial charge in [-0.1, -0.05) is 42.5 Å². The lowest BCUT2D eigenvalue weighted by Gasteiger charge is -2.09. The number of nitrogens with zero attached hydrogens (tertiary/aromatic N) is 3. The standard InChI is InChI=1S/C27H27FN4O4/c1-35-18-24-30-22(27(34)29-14-21-6-5-7-23(36-2)26(21)28)17-32(24)16-20-11-9-19(10-12-20)15-31-13-4-3-8-25(31)33/h3-13,17H,14-16,18H2,1-2H3,(H,29,34). The SMILES string of the molecule is COCc1nc(C(=O)NCc2cccc(OC)c2F)cn1Cc1ccc(Cn2ccccc2=O)cc1. The first-order valence-electron chi connectivity index (χ1n) is 11.4. The molecular weight excluding hydrogens is 463 g/mol.